The topological polar surface area (TPSA) is 18.5 Å². The van der Waals surface area contributed by atoms with E-state index in [0.29, 0.717) is 11.5 Å². The molecule has 1 aromatic rings. The van der Waals surface area contributed by atoms with Crippen LogP contribution in [0.1, 0.15) is 25.3 Å². The third-order valence-corrected chi connectivity index (χ3v) is 2.21. The molecule has 0 amide bonds. The lowest BCUT2D eigenvalue weighted by Crippen LogP contribution is -1.96. The summed E-state index contributed by atoms with van der Waals surface area (Å²) in [4.78, 5) is 0. The Kier molecular flexibility index (Phi) is 4.65. The highest BCUT2D eigenvalue weighted by molar-refractivity contribution is 5.54. The Morgan fingerprint density at radius 2 is 2.12 bits per heavy atom. The second-order valence-electron chi connectivity index (χ2n) is 3.51. The number of ether oxygens (including phenoxy) is 2. The zero-order valence-corrected chi connectivity index (χ0v) is 9.95. The molecule has 0 unspecified atom stereocenters. The van der Waals surface area contributed by atoms with Crippen molar-refractivity contribution >= 4 is 6.08 Å². The van der Waals surface area contributed by atoms with Crippen molar-refractivity contribution in [1.29, 1.82) is 0 Å². The predicted molar refractivity (Wildman–Crippen MR) is 67.8 cm³/mol. The van der Waals surface area contributed by atoms with Gasteiger partial charge in [-0.1, -0.05) is 32.2 Å². The second-order valence-corrected chi connectivity index (χ2v) is 3.51. The van der Waals surface area contributed by atoms with Crippen LogP contribution in [-0.2, 0) is 0 Å². The first-order valence-electron chi connectivity index (χ1n) is 5.37. The third-order valence-electron chi connectivity index (χ3n) is 2.21. The van der Waals surface area contributed by atoms with Crippen molar-refractivity contribution in [3.8, 4) is 11.5 Å². The number of allylic oxidation sites excluding steroid dienone is 1. The van der Waals surface area contributed by atoms with Crippen molar-refractivity contribution in [3.63, 3.8) is 0 Å². The van der Waals surface area contributed by atoms with Crippen LogP contribution in [0.2, 0.25) is 0 Å². The molecule has 1 aromatic carbocycles. The van der Waals surface area contributed by atoms with E-state index < -0.39 is 0 Å². The van der Waals surface area contributed by atoms with Gasteiger partial charge in [0.2, 0.25) is 0 Å². The summed E-state index contributed by atoms with van der Waals surface area (Å²) in [5.74, 6) is 2.16. The molecule has 0 aliphatic heterocycles. The highest BCUT2D eigenvalue weighted by atomic mass is 16.5. The van der Waals surface area contributed by atoms with E-state index >= 15 is 0 Å². The van der Waals surface area contributed by atoms with Crippen molar-refractivity contribution in [3.05, 3.63) is 42.7 Å². The molecular weight excluding hydrogens is 200 g/mol. The van der Waals surface area contributed by atoms with Gasteiger partial charge < -0.3 is 9.47 Å². The zero-order chi connectivity index (χ0) is 12.0. The highest BCUT2D eigenvalue weighted by Crippen LogP contribution is 2.30. The predicted octanol–water partition coefficient (Wildman–Crippen LogP) is 4.03. The number of methoxy groups -OCH3 is 1. The van der Waals surface area contributed by atoms with Crippen molar-refractivity contribution in [2.75, 3.05) is 7.11 Å². The molecule has 2 nitrogen and oxygen atoms in total. The lowest BCUT2D eigenvalue weighted by molar-refractivity contribution is 0.352. The van der Waals surface area contributed by atoms with Crippen LogP contribution in [0.4, 0.5) is 0 Å². The summed E-state index contributed by atoms with van der Waals surface area (Å²) >= 11 is 0. The molecule has 0 aliphatic carbocycles. The van der Waals surface area contributed by atoms with Gasteiger partial charge in [-0.25, -0.2) is 0 Å². The maximum absolute atomic E-state index is 5.62. The molecule has 0 fully saturated rings. The average molecular weight is 218 g/mol. The largest absolute Gasteiger partial charge is 0.493 e. The molecule has 0 N–H and O–H groups in total. The monoisotopic (exact) mass is 218 g/mol. The van der Waals surface area contributed by atoms with E-state index in [1.54, 1.807) is 13.2 Å². The molecule has 0 bridgehead atoms. The summed E-state index contributed by atoms with van der Waals surface area (Å²) in [6.45, 7) is 9.66. The molecular formula is C14H18O2. The first-order chi connectivity index (χ1) is 7.71. The number of hydrogen-bond acceptors (Lipinski definition) is 2. The van der Waals surface area contributed by atoms with Crippen LogP contribution in [0.15, 0.2) is 37.1 Å². The number of benzene rings is 1. The summed E-state index contributed by atoms with van der Waals surface area (Å²) in [5, 5.41) is 0. The van der Waals surface area contributed by atoms with Crippen molar-refractivity contribution in [1.82, 2.24) is 0 Å². The lowest BCUT2D eigenvalue weighted by Gasteiger charge is -2.12. The summed E-state index contributed by atoms with van der Waals surface area (Å²) in [7, 11) is 1.62. The Balaban J connectivity index is 2.87. The van der Waals surface area contributed by atoms with Crippen LogP contribution in [0.25, 0.3) is 6.08 Å². The van der Waals surface area contributed by atoms with E-state index in [4.69, 9.17) is 9.47 Å². The van der Waals surface area contributed by atoms with Crippen molar-refractivity contribution in [2.24, 2.45) is 0 Å². The fourth-order valence-electron chi connectivity index (χ4n) is 1.38. The Morgan fingerprint density at radius 3 is 2.69 bits per heavy atom. The molecule has 0 heterocycles. The normalized spacial score (nSPS) is 9.62. The Hall–Kier alpha value is -1.70. The fraction of sp³-hybridized carbons (Fsp3) is 0.286. The van der Waals surface area contributed by atoms with E-state index in [-0.39, 0.29) is 0 Å². The zero-order valence-electron chi connectivity index (χ0n) is 9.95. The molecule has 2 heteroatoms. The molecule has 16 heavy (non-hydrogen) atoms. The molecule has 0 radical (unpaired) electrons. The highest BCUT2D eigenvalue weighted by Gasteiger charge is 2.06. The summed E-state index contributed by atoms with van der Waals surface area (Å²) in [6, 6.07) is 5.70. The molecule has 0 spiro atoms. The Bertz CT molecular complexity index is 380. The summed E-state index contributed by atoms with van der Waals surface area (Å²) in [5.41, 5.74) is 1.00. The van der Waals surface area contributed by atoms with Gasteiger partial charge >= 0.3 is 0 Å². The summed E-state index contributed by atoms with van der Waals surface area (Å²) < 4.78 is 10.9. The van der Waals surface area contributed by atoms with Crippen LogP contribution >= 0.6 is 0 Å². The lowest BCUT2D eigenvalue weighted by atomic mass is 10.2. The summed E-state index contributed by atoms with van der Waals surface area (Å²) in [6.07, 6.45) is 3.64. The number of rotatable bonds is 6. The van der Waals surface area contributed by atoms with Crippen molar-refractivity contribution in [2.45, 2.75) is 19.8 Å². The van der Waals surface area contributed by atoms with Gasteiger partial charge in [0.05, 0.1) is 12.9 Å². The van der Waals surface area contributed by atoms with E-state index in [2.05, 4.69) is 20.1 Å². The molecule has 0 saturated carbocycles. The van der Waals surface area contributed by atoms with Gasteiger partial charge in [-0.05, 0) is 24.1 Å². The van der Waals surface area contributed by atoms with Gasteiger partial charge in [-0.3, -0.25) is 0 Å². The first-order valence-corrected chi connectivity index (χ1v) is 5.37. The fourth-order valence-corrected chi connectivity index (χ4v) is 1.38. The Morgan fingerprint density at radius 1 is 1.38 bits per heavy atom. The quantitative estimate of drug-likeness (QED) is 0.671. The standard InChI is InChI=1S/C14H18O2/c1-5-7-11(3)16-13-9-8-12(6-2)10-14(13)15-4/h6,8-10H,2-3,5,7H2,1,4H3. The maximum atomic E-state index is 5.62. The van der Waals surface area contributed by atoms with Crippen molar-refractivity contribution < 1.29 is 9.47 Å². The van der Waals surface area contributed by atoms with Gasteiger partial charge in [0.15, 0.2) is 11.5 Å². The number of hydrogen-bond donors (Lipinski definition) is 0. The van der Waals surface area contributed by atoms with E-state index in [1.807, 2.05) is 18.2 Å². The van der Waals surface area contributed by atoms with Crippen LogP contribution in [0.3, 0.4) is 0 Å². The van der Waals surface area contributed by atoms with Gasteiger partial charge in [-0.15, -0.1) is 0 Å². The second kappa shape index (κ2) is 6.01. The van der Waals surface area contributed by atoms with E-state index in [0.717, 1.165) is 24.2 Å². The average Bonchev–Trinajstić information content (AvgIpc) is 2.30. The van der Waals surface area contributed by atoms with Gasteiger partial charge in [0, 0.05) is 6.42 Å². The maximum Gasteiger partial charge on any atom is 0.168 e. The van der Waals surface area contributed by atoms with Gasteiger partial charge in [-0.2, -0.15) is 0 Å². The molecule has 0 aliphatic rings. The van der Waals surface area contributed by atoms with E-state index in [9.17, 15) is 0 Å². The molecule has 0 saturated heterocycles. The molecule has 0 atom stereocenters. The van der Waals surface area contributed by atoms with Gasteiger partial charge in [0.25, 0.3) is 0 Å². The van der Waals surface area contributed by atoms with E-state index in [1.165, 1.54) is 0 Å². The smallest absolute Gasteiger partial charge is 0.168 e. The molecule has 86 valence electrons. The minimum atomic E-state index is 0.701. The molecule has 0 aromatic heterocycles. The molecule has 1 rings (SSSR count). The van der Waals surface area contributed by atoms with Crippen LogP contribution in [0, 0.1) is 0 Å². The third kappa shape index (κ3) is 3.16. The minimum Gasteiger partial charge on any atom is -0.493 e. The van der Waals surface area contributed by atoms with Crippen LogP contribution in [-0.4, -0.2) is 7.11 Å². The van der Waals surface area contributed by atoms with Crippen LogP contribution in [0.5, 0.6) is 11.5 Å². The van der Waals surface area contributed by atoms with Crippen LogP contribution < -0.4 is 9.47 Å². The Labute approximate surface area is 97.2 Å². The minimum absolute atomic E-state index is 0.701. The SMILES string of the molecule is C=Cc1ccc(OC(=C)CCC)c(OC)c1. The first kappa shape index (κ1) is 12.4. The van der Waals surface area contributed by atoms with Gasteiger partial charge in [0.1, 0.15) is 0 Å².